The van der Waals surface area contributed by atoms with Gasteiger partial charge in [0, 0.05) is 12.2 Å². The molecule has 0 aliphatic carbocycles. The number of hydrogen-bond acceptors (Lipinski definition) is 3. The molecule has 24 heavy (non-hydrogen) atoms. The van der Waals surface area contributed by atoms with E-state index in [0.717, 1.165) is 18.4 Å². The number of carbonyl (C=O) groups excluding carboxylic acids is 1. The Balaban J connectivity index is 1.83. The van der Waals surface area contributed by atoms with Crippen LogP contribution in [0.4, 0.5) is 0 Å². The summed E-state index contributed by atoms with van der Waals surface area (Å²) in [4.78, 5) is 23.7. The van der Waals surface area contributed by atoms with Crippen LogP contribution in [-0.2, 0) is 4.74 Å². The number of benzene rings is 2. The third kappa shape index (κ3) is 3.63. The van der Waals surface area contributed by atoms with Gasteiger partial charge >= 0.3 is 5.97 Å². The molecule has 0 bridgehead atoms. The van der Waals surface area contributed by atoms with Crippen LogP contribution in [0.25, 0.3) is 0 Å². The molecule has 0 aromatic heterocycles. The molecule has 1 fully saturated rings. The molecule has 5 nitrogen and oxygen atoms in total. The van der Waals surface area contributed by atoms with E-state index in [9.17, 15) is 9.59 Å². The summed E-state index contributed by atoms with van der Waals surface area (Å²) in [6.45, 7) is 0.693. The van der Waals surface area contributed by atoms with Gasteiger partial charge in [0.25, 0.3) is 5.91 Å². The standard InChI is InChI=1S/C19H19NO4/c21-18(14-8-4-9-15(12-14)19(22)23)20-17(16-10-5-11-24-16)13-6-2-1-3-7-13/h1-4,6-9,12,16-17H,5,10-11H2,(H,20,21)(H,22,23). The quantitative estimate of drug-likeness (QED) is 0.886. The Labute approximate surface area is 140 Å². The lowest BCUT2D eigenvalue weighted by Crippen LogP contribution is -2.36. The number of amides is 1. The first-order valence-corrected chi connectivity index (χ1v) is 7.96. The molecule has 1 saturated heterocycles. The molecule has 0 saturated carbocycles. The van der Waals surface area contributed by atoms with E-state index in [1.807, 2.05) is 30.3 Å². The Hall–Kier alpha value is -2.66. The van der Waals surface area contributed by atoms with Crippen LogP contribution in [0.2, 0.25) is 0 Å². The predicted octanol–water partition coefficient (Wildman–Crippen LogP) is 3.03. The van der Waals surface area contributed by atoms with Crippen molar-refractivity contribution in [1.82, 2.24) is 5.32 Å². The molecule has 2 unspecified atom stereocenters. The third-order valence-electron chi connectivity index (χ3n) is 4.15. The number of carboxylic acids is 1. The van der Waals surface area contributed by atoms with E-state index in [-0.39, 0.29) is 23.6 Å². The molecule has 2 aromatic rings. The zero-order valence-electron chi connectivity index (χ0n) is 13.1. The minimum Gasteiger partial charge on any atom is -0.478 e. The molecule has 2 atom stereocenters. The van der Waals surface area contributed by atoms with Gasteiger partial charge in [0.15, 0.2) is 0 Å². The summed E-state index contributed by atoms with van der Waals surface area (Å²) >= 11 is 0. The van der Waals surface area contributed by atoms with Gasteiger partial charge in [-0.25, -0.2) is 4.79 Å². The first-order valence-electron chi connectivity index (χ1n) is 7.96. The van der Waals surface area contributed by atoms with Crippen molar-refractivity contribution < 1.29 is 19.4 Å². The molecular formula is C19H19NO4. The van der Waals surface area contributed by atoms with Crippen molar-refractivity contribution in [3.63, 3.8) is 0 Å². The van der Waals surface area contributed by atoms with Crippen molar-refractivity contribution >= 4 is 11.9 Å². The molecule has 1 heterocycles. The third-order valence-corrected chi connectivity index (χ3v) is 4.15. The average molecular weight is 325 g/mol. The number of rotatable bonds is 5. The fourth-order valence-electron chi connectivity index (χ4n) is 2.93. The molecule has 2 aromatic carbocycles. The minimum absolute atomic E-state index is 0.0704. The molecule has 3 rings (SSSR count). The summed E-state index contributed by atoms with van der Waals surface area (Å²) < 4.78 is 5.76. The number of ether oxygens (including phenoxy) is 1. The highest BCUT2D eigenvalue weighted by molar-refractivity contribution is 5.97. The maximum absolute atomic E-state index is 12.6. The lowest BCUT2D eigenvalue weighted by molar-refractivity contribution is 0.0672. The van der Waals surface area contributed by atoms with Gasteiger partial charge in [-0.15, -0.1) is 0 Å². The van der Waals surface area contributed by atoms with E-state index in [1.54, 1.807) is 12.1 Å². The first kappa shape index (κ1) is 16.2. The highest BCUT2D eigenvalue weighted by Gasteiger charge is 2.29. The van der Waals surface area contributed by atoms with Crippen LogP contribution in [0.5, 0.6) is 0 Å². The van der Waals surface area contributed by atoms with Crippen molar-refractivity contribution in [2.24, 2.45) is 0 Å². The molecule has 0 radical (unpaired) electrons. The summed E-state index contributed by atoms with van der Waals surface area (Å²) in [5.74, 6) is -1.36. The van der Waals surface area contributed by atoms with E-state index in [4.69, 9.17) is 9.84 Å². The Morgan fingerprint density at radius 1 is 1.08 bits per heavy atom. The van der Waals surface area contributed by atoms with E-state index in [0.29, 0.717) is 12.2 Å². The summed E-state index contributed by atoms with van der Waals surface area (Å²) in [6, 6.07) is 15.5. The summed E-state index contributed by atoms with van der Waals surface area (Å²) in [6.07, 6.45) is 1.78. The van der Waals surface area contributed by atoms with Crippen molar-refractivity contribution in [1.29, 1.82) is 0 Å². The maximum atomic E-state index is 12.6. The van der Waals surface area contributed by atoms with Crippen LogP contribution < -0.4 is 5.32 Å². The van der Waals surface area contributed by atoms with Gasteiger partial charge in [0.05, 0.1) is 17.7 Å². The average Bonchev–Trinajstić information content (AvgIpc) is 3.14. The first-order chi connectivity index (χ1) is 11.6. The van der Waals surface area contributed by atoms with Gasteiger partial charge in [0.2, 0.25) is 0 Å². The van der Waals surface area contributed by atoms with Crippen LogP contribution in [0, 0.1) is 0 Å². The second-order valence-electron chi connectivity index (χ2n) is 5.80. The second kappa shape index (κ2) is 7.27. The van der Waals surface area contributed by atoms with E-state index in [2.05, 4.69) is 5.32 Å². The number of hydrogen-bond donors (Lipinski definition) is 2. The van der Waals surface area contributed by atoms with Crippen molar-refractivity contribution in [2.75, 3.05) is 6.61 Å². The largest absolute Gasteiger partial charge is 0.478 e. The number of carbonyl (C=O) groups is 2. The van der Waals surface area contributed by atoms with Gasteiger partial charge in [0.1, 0.15) is 0 Å². The monoisotopic (exact) mass is 325 g/mol. The SMILES string of the molecule is O=C(O)c1cccc(C(=O)NC(c2ccccc2)C2CCCO2)c1. The van der Waals surface area contributed by atoms with Crippen LogP contribution in [0.15, 0.2) is 54.6 Å². The molecule has 1 aliphatic rings. The summed E-state index contributed by atoms with van der Waals surface area (Å²) in [5.41, 5.74) is 1.40. The highest BCUT2D eigenvalue weighted by atomic mass is 16.5. The van der Waals surface area contributed by atoms with Gasteiger partial charge in [-0.3, -0.25) is 4.79 Å². The molecule has 0 spiro atoms. The topological polar surface area (TPSA) is 75.6 Å². The molecular weight excluding hydrogens is 306 g/mol. The fourth-order valence-corrected chi connectivity index (χ4v) is 2.93. The van der Waals surface area contributed by atoms with Crippen molar-refractivity contribution in [2.45, 2.75) is 25.0 Å². The number of nitrogens with one attached hydrogen (secondary N) is 1. The number of aromatic carboxylic acids is 1. The highest BCUT2D eigenvalue weighted by Crippen LogP contribution is 2.27. The Bertz CT molecular complexity index is 723. The number of carboxylic acid groups (broad SMARTS) is 1. The van der Waals surface area contributed by atoms with Gasteiger partial charge in [-0.1, -0.05) is 36.4 Å². The minimum atomic E-state index is -1.05. The van der Waals surface area contributed by atoms with E-state index >= 15 is 0 Å². The zero-order valence-corrected chi connectivity index (χ0v) is 13.1. The second-order valence-corrected chi connectivity index (χ2v) is 5.80. The normalized spacial score (nSPS) is 18.1. The lowest BCUT2D eigenvalue weighted by atomic mass is 9.98. The van der Waals surface area contributed by atoms with Crippen LogP contribution in [-0.4, -0.2) is 29.7 Å². The van der Waals surface area contributed by atoms with Crippen LogP contribution in [0.3, 0.4) is 0 Å². The molecule has 1 aliphatic heterocycles. The van der Waals surface area contributed by atoms with Crippen molar-refractivity contribution in [3.05, 3.63) is 71.3 Å². The summed E-state index contributed by atoms with van der Waals surface area (Å²) in [5, 5.41) is 12.1. The van der Waals surface area contributed by atoms with E-state index in [1.165, 1.54) is 12.1 Å². The lowest BCUT2D eigenvalue weighted by Gasteiger charge is -2.25. The van der Waals surface area contributed by atoms with Gasteiger partial charge in [-0.2, -0.15) is 0 Å². The smallest absolute Gasteiger partial charge is 0.335 e. The Kier molecular flexibility index (Phi) is 4.91. The molecule has 124 valence electrons. The van der Waals surface area contributed by atoms with Crippen LogP contribution >= 0.6 is 0 Å². The fraction of sp³-hybridized carbons (Fsp3) is 0.263. The molecule has 1 amide bonds. The van der Waals surface area contributed by atoms with Gasteiger partial charge < -0.3 is 15.2 Å². The van der Waals surface area contributed by atoms with Crippen LogP contribution in [0.1, 0.15) is 45.2 Å². The molecule has 5 heteroatoms. The maximum Gasteiger partial charge on any atom is 0.335 e. The Morgan fingerprint density at radius 2 is 1.83 bits per heavy atom. The predicted molar refractivity (Wildman–Crippen MR) is 89.0 cm³/mol. The zero-order chi connectivity index (χ0) is 16.9. The summed E-state index contributed by atoms with van der Waals surface area (Å²) in [7, 11) is 0. The van der Waals surface area contributed by atoms with Crippen molar-refractivity contribution in [3.8, 4) is 0 Å². The Morgan fingerprint density at radius 3 is 2.50 bits per heavy atom. The van der Waals surface area contributed by atoms with Gasteiger partial charge in [-0.05, 0) is 36.6 Å². The molecule has 2 N–H and O–H groups in total. The van der Waals surface area contributed by atoms with E-state index < -0.39 is 5.97 Å².